The van der Waals surface area contributed by atoms with Gasteiger partial charge >= 0.3 is 0 Å². The van der Waals surface area contributed by atoms with Crippen molar-refractivity contribution in [1.29, 1.82) is 0 Å². The van der Waals surface area contributed by atoms with Crippen LogP contribution in [0.4, 0.5) is 11.4 Å². The molecule has 0 spiro atoms. The summed E-state index contributed by atoms with van der Waals surface area (Å²) in [5, 5.41) is 0. The van der Waals surface area contributed by atoms with Crippen molar-refractivity contribution in [3.8, 4) is 0 Å². The zero-order chi connectivity index (χ0) is 16.6. The second-order valence-corrected chi connectivity index (χ2v) is 5.59. The van der Waals surface area contributed by atoms with Gasteiger partial charge in [0.15, 0.2) is 5.76 Å². The van der Waals surface area contributed by atoms with Crippen LogP contribution in [-0.2, 0) is 4.79 Å². The van der Waals surface area contributed by atoms with E-state index < -0.39 is 0 Å². The standard InChI is InChI=1S/C17H17BN2O3/c1-3-13-10-19(17(22)16-5-4-8-23-16)15-9-12(18)6-7-14(15)20(13)11(2)21/h4-9,13H,3,10H2,1-2H3/t13-/m0/s1. The van der Waals surface area contributed by atoms with Crippen LogP contribution >= 0.6 is 0 Å². The largest absolute Gasteiger partial charge is 0.459 e. The van der Waals surface area contributed by atoms with Crippen LogP contribution in [0.1, 0.15) is 30.8 Å². The van der Waals surface area contributed by atoms with Crippen LogP contribution in [0.3, 0.4) is 0 Å². The van der Waals surface area contributed by atoms with Crippen molar-refractivity contribution in [2.24, 2.45) is 0 Å². The van der Waals surface area contributed by atoms with Gasteiger partial charge in [-0.2, -0.15) is 0 Å². The normalized spacial score (nSPS) is 17.0. The number of hydrogen-bond acceptors (Lipinski definition) is 3. The Morgan fingerprint density at radius 1 is 1.30 bits per heavy atom. The molecule has 2 aromatic rings. The van der Waals surface area contributed by atoms with Gasteiger partial charge in [-0.05, 0) is 30.7 Å². The Morgan fingerprint density at radius 3 is 2.70 bits per heavy atom. The van der Waals surface area contributed by atoms with E-state index in [2.05, 4.69) is 0 Å². The maximum Gasteiger partial charge on any atom is 0.294 e. The van der Waals surface area contributed by atoms with Crippen LogP contribution in [0.25, 0.3) is 0 Å². The highest BCUT2D eigenvalue weighted by atomic mass is 16.3. The number of carbonyl (C=O) groups excluding carboxylic acids is 2. The maximum absolute atomic E-state index is 12.8. The molecule has 116 valence electrons. The van der Waals surface area contributed by atoms with Crippen molar-refractivity contribution >= 4 is 36.5 Å². The molecule has 0 saturated heterocycles. The summed E-state index contributed by atoms with van der Waals surface area (Å²) in [6.45, 7) is 3.94. The van der Waals surface area contributed by atoms with Gasteiger partial charge in [-0.1, -0.05) is 18.5 Å². The molecule has 2 heterocycles. The lowest BCUT2D eigenvalue weighted by molar-refractivity contribution is -0.117. The lowest BCUT2D eigenvalue weighted by Gasteiger charge is -2.41. The Kier molecular flexibility index (Phi) is 3.98. The van der Waals surface area contributed by atoms with E-state index in [1.165, 1.54) is 13.2 Å². The molecule has 0 aliphatic carbocycles. The molecule has 0 unspecified atom stereocenters. The van der Waals surface area contributed by atoms with E-state index in [1.807, 2.05) is 6.92 Å². The molecule has 0 fully saturated rings. The first-order valence-electron chi connectivity index (χ1n) is 7.57. The Balaban J connectivity index is 2.11. The van der Waals surface area contributed by atoms with Gasteiger partial charge in [0.25, 0.3) is 5.91 Å². The molecule has 1 aliphatic rings. The van der Waals surface area contributed by atoms with Gasteiger partial charge < -0.3 is 14.2 Å². The SMILES string of the molecule is [B]c1ccc2c(c1)N(C(=O)c1ccco1)C[C@H](CC)N2C(C)=O. The van der Waals surface area contributed by atoms with E-state index in [-0.39, 0.29) is 23.6 Å². The van der Waals surface area contributed by atoms with Gasteiger partial charge in [0, 0.05) is 13.5 Å². The molecule has 0 bridgehead atoms. The van der Waals surface area contributed by atoms with E-state index in [4.69, 9.17) is 12.3 Å². The fourth-order valence-electron chi connectivity index (χ4n) is 3.01. The summed E-state index contributed by atoms with van der Waals surface area (Å²) in [6, 6.07) is 8.47. The number of amides is 2. The summed E-state index contributed by atoms with van der Waals surface area (Å²) in [5.41, 5.74) is 1.87. The van der Waals surface area contributed by atoms with Crippen molar-refractivity contribution < 1.29 is 14.0 Å². The molecule has 1 aromatic heterocycles. The third-order valence-electron chi connectivity index (χ3n) is 4.10. The molecule has 1 aliphatic heterocycles. The Morgan fingerprint density at radius 2 is 2.09 bits per heavy atom. The van der Waals surface area contributed by atoms with Crippen LogP contribution in [0.2, 0.25) is 0 Å². The molecule has 2 radical (unpaired) electrons. The van der Waals surface area contributed by atoms with Crippen molar-refractivity contribution in [3.05, 3.63) is 42.4 Å². The fourth-order valence-corrected chi connectivity index (χ4v) is 3.01. The van der Waals surface area contributed by atoms with Gasteiger partial charge in [0.05, 0.1) is 23.7 Å². The molecule has 1 aromatic carbocycles. The lowest BCUT2D eigenvalue weighted by atomic mass is 9.93. The summed E-state index contributed by atoms with van der Waals surface area (Å²) in [4.78, 5) is 28.2. The number of rotatable bonds is 2. The summed E-state index contributed by atoms with van der Waals surface area (Å²) in [6.07, 6.45) is 2.21. The van der Waals surface area contributed by atoms with Crippen molar-refractivity contribution in [1.82, 2.24) is 0 Å². The molecule has 0 saturated carbocycles. The second-order valence-electron chi connectivity index (χ2n) is 5.59. The van der Waals surface area contributed by atoms with Crippen molar-refractivity contribution in [2.75, 3.05) is 16.3 Å². The van der Waals surface area contributed by atoms with Gasteiger partial charge in [-0.15, -0.1) is 0 Å². The molecule has 2 amide bonds. The zero-order valence-corrected chi connectivity index (χ0v) is 13.2. The van der Waals surface area contributed by atoms with E-state index in [1.54, 1.807) is 40.1 Å². The van der Waals surface area contributed by atoms with E-state index in [0.717, 1.165) is 6.42 Å². The minimum Gasteiger partial charge on any atom is -0.459 e. The van der Waals surface area contributed by atoms with Gasteiger partial charge in [0.1, 0.15) is 7.85 Å². The highest BCUT2D eigenvalue weighted by molar-refractivity contribution is 6.33. The monoisotopic (exact) mass is 308 g/mol. The zero-order valence-electron chi connectivity index (χ0n) is 13.2. The molecular weight excluding hydrogens is 291 g/mol. The number of carbonyl (C=O) groups is 2. The van der Waals surface area contributed by atoms with Crippen LogP contribution < -0.4 is 15.3 Å². The molecule has 1 atom stereocenters. The maximum atomic E-state index is 12.8. The predicted octanol–water partition coefficient (Wildman–Crippen LogP) is 1.87. The van der Waals surface area contributed by atoms with Crippen LogP contribution in [-0.4, -0.2) is 32.2 Å². The molecule has 23 heavy (non-hydrogen) atoms. The number of hydrogen-bond donors (Lipinski definition) is 0. The quantitative estimate of drug-likeness (QED) is 0.796. The van der Waals surface area contributed by atoms with Gasteiger partial charge in [-0.3, -0.25) is 9.59 Å². The van der Waals surface area contributed by atoms with Crippen molar-refractivity contribution in [2.45, 2.75) is 26.3 Å². The Hall–Kier alpha value is -2.50. The summed E-state index contributed by atoms with van der Waals surface area (Å²) in [5.74, 6) is -0.0130. The lowest BCUT2D eigenvalue weighted by Crippen LogP contribution is -2.52. The first-order chi connectivity index (χ1) is 11.0. The summed E-state index contributed by atoms with van der Waals surface area (Å²) >= 11 is 0. The number of benzene rings is 1. The van der Waals surface area contributed by atoms with Gasteiger partial charge in [0.2, 0.25) is 5.91 Å². The van der Waals surface area contributed by atoms with Crippen LogP contribution in [0, 0.1) is 0 Å². The second kappa shape index (κ2) is 5.95. The Labute approximate surface area is 136 Å². The fraction of sp³-hybridized carbons (Fsp3) is 0.294. The minimum atomic E-state index is -0.233. The minimum absolute atomic E-state index is 0.0482. The molecule has 3 rings (SSSR count). The smallest absolute Gasteiger partial charge is 0.294 e. The third-order valence-corrected chi connectivity index (χ3v) is 4.10. The highest BCUT2D eigenvalue weighted by Gasteiger charge is 2.35. The molecular formula is C17H17BN2O3. The average Bonchev–Trinajstić information content (AvgIpc) is 3.06. The van der Waals surface area contributed by atoms with Crippen LogP contribution in [0.15, 0.2) is 41.0 Å². The van der Waals surface area contributed by atoms with Gasteiger partial charge in [-0.25, -0.2) is 0 Å². The average molecular weight is 308 g/mol. The van der Waals surface area contributed by atoms with E-state index in [9.17, 15) is 9.59 Å². The first-order valence-corrected chi connectivity index (χ1v) is 7.57. The molecule has 6 heteroatoms. The molecule has 5 nitrogen and oxygen atoms in total. The van der Waals surface area contributed by atoms with Crippen LogP contribution in [0.5, 0.6) is 0 Å². The number of nitrogens with zero attached hydrogens (tertiary/aromatic N) is 2. The highest BCUT2D eigenvalue weighted by Crippen LogP contribution is 2.36. The van der Waals surface area contributed by atoms with Crippen molar-refractivity contribution in [3.63, 3.8) is 0 Å². The van der Waals surface area contributed by atoms with E-state index in [0.29, 0.717) is 23.4 Å². The van der Waals surface area contributed by atoms with E-state index >= 15 is 0 Å². The Bertz CT molecular complexity index is 742. The summed E-state index contributed by atoms with van der Waals surface area (Å²) < 4.78 is 5.23. The summed E-state index contributed by atoms with van der Waals surface area (Å²) in [7, 11) is 5.89. The number of furan rings is 1. The number of fused-ring (bicyclic) bond motifs is 1. The first kappa shape index (κ1) is 15.4. The number of anilines is 2. The third kappa shape index (κ3) is 2.65. The predicted molar refractivity (Wildman–Crippen MR) is 89.5 cm³/mol. The topological polar surface area (TPSA) is 53.8 Å². The molecule has 0 N–H and O–H groups in total.